The first kappa shape index (κ1) is 14.4. The second kappa shape index (κ2) is 6.07. The lowest BCUT2D eigenvalue weighted by Crippen LogP contribution is -2.16. The van der Waals surface area contributed by atoms with E-state index in [-0.39, 0.29) is 5.75 Å². The molecule has 0 unspecified atom stereocenters. The third-order valence-corrected chi connectivity index (χ3v) is 3.58. The molecule has 0 spiro atoms. The molecule has 0 amide bonds. The lowest BCUT2D eigenvalue weighted by atomic mass is 10.2. The average Bonchev–Trinajstić information content (AvgIpc) is 3.26. The largest absolute Gasteiger partial charge is 0.436 e. The average molecular weight is 355 g/mol. The number of pyridine rings is 1. The van der Waals surface area contributed by atoms with E-state index in [1.165, 1.54) is 18.9 Å². The Hall–Kier alpha value is -1.53. The predicted octanol–water partition coefficient (Wildman–Crippen LogP) is 4.17. The van der Waals surface area contributed by atoms with Crippen molar-refractivity contribution in [2.75, 3.05) is 0 Å². The van der Waals surface area contributed by atoms with E-state index in [4.69, 9.17) is 4.74 Å². The summed E-state index contributed by atoms with van der Waals surface area (Å²) >= 11 is 3.36. The van der Waals surface area contributed by atoms with E-state index >= 15 is 0 Å². The fourth-order valence-electron chi connectivity index (χ4n) is 1.89. The molecule has 1 fully saturated rings. The van der Waals surface area contributed by atoms with Gasteiger partial charge in [0.2, 0.25) is 5.88 Å². The van der Waals surface area contributed by atoms with Crippen LogP contribution in [0.5, 0.6) is 11.6 Å². The summed E-state index contributed by atoms with van der Waals surface area (Å²) in [5.74, 6) is -1.11. The highest BCUT2D eigenvalue weighted by Gasteiger charge is 2.21. The van der Waals surface area contributed by atoms with Crippen molar-refractivity contribution in [2.24, 2.45) is 0 Å². The Balaban J connectivity index is 1.82. The van der Waals surface area contributed by atoms with Gasteiger partial charge in [-0.25, -0.2) is 13.8 Å². The quantitative estimate of drug-likeness (QED) is 0.874. The molecule has 2 aromatic rings. The molecule has 1 heterocycles. The van der Waals surface area contributed by atoms with Gasteiger partial charge in [0.1, 0.15) is 5.82 Å². The fraction of sp³-hybridized carbons (Fsp3) is 0.267. The summed E-state index contributed by atoms with van der Waals surface area (Å²) in [5.41, 5.74) is 0.819. The van der Waals surface area contributed by atoms with Crippen molar-refractivity contribution in [1.82, 2.24) is 10.3 Å². The van der Waals surface area contributed by atoms with E-state index in [2.05, 4.69) is 26.2 Å². The Kier molecular flexibility index (Phi) is 4.17. The molecule has 0 radical (unpaired) electrons. The number of aromatic nitrogens is 1. The minimum absolute atomic E-state index is 0.0427. The number of ether oxygens (including phenoxy) is 1. The molecule has 110 valence electrons. The summed E-state index contributed by atoms with van der Waals surface area (Å²) in [6, 6.07) is 5.61. The number of nitrogens with one attached hydrogen (secondary N) is 1. The standard InChI is InChI=1S/C15H13BrF2N2O/c16-10-5-9(7-19-12-2-3-12)15(20-8-10)21-14-4-1-11(17)6-13(14)18/h1,4-6,8,12,19H,2-3,7H2. The topological polar surface area (TPSA) is 34.1 Å². The van der Waals surface area contributed by atoms with Gasteiger partial charge in [0.15, 0.2) is 11.6 Å². The van der Waals surface area contributed by atoms with Crippen molar-refractivity contribution in [3.05, 3.63) is 52.1 Å². The van der Waals surface area contributed by atoms with Crippen LogP contribution in [-0.2, 0) is 6.54 Å². The van der Waals surface area contributed by atoms with Gasteiger partial charge in [0, 0.05) is 34.9 Å². The lowest BCUT2D eigenvalue weighted by Gasteiger charge is -2.11. The maximum Gasteiger partial charge on any atom is 0.223 e. The number of halogens is 3. The van der Waals surface area contributed by atoms with Gasteiger partial charge in [0.25, 0.3) is 0 Å². The third kappa shape index (κ3) is 3.77. The number of hydrogen-bond acceptors (Lipinski definition) is 3. The molecule has 1 aromatic heterocycles. The summed E-state index contributed by atoms with van der Waals surface area (Å²) in [6.07, 6.45) is 3.92. The Labute approximate surface area is 129 Å². The highest BCUT2D eigenvalue weighted by Crippen LogP contribution is 2.28. The van der Waals surface area contributed by atoms with Crippen molar-refractivity contribution in [2.45, 2.75) is 25.4 Å². The molecule has 6 heteroatoms. The minimum atomic E-state index is -0.749. The van der Waals surface area contributed by atoms with Gasteiger partial charge in [-0.2, -0.15) is 0 Å². The summed E-state index contributed by atoms with van der Waals surface area (Å²) in [5, 5.41) is 3.36. The van der Waals surface area contributed by atoms with Crippen LogP contribution in [0.3, 0.4) is 0 Å². The molecule has 0 bridgehead atoms. The van der Waals surface area contributed by atoms with Crippen LogP contribution in [0.15, 0.2) is 34.9 Å². The minimum Gasteiger partial charge on any atom is -0.436 e. The van der Waals surface area contributed by atoms with Crippen LogP contribution in [-0.4, -0.2) is 11.0 Å². The zero-order chi connectivity index (χ0) is 14.8. The van der Waals surface area contributed by atoms with Crippen LogP contribution in [0.2, 0.25) is 0 Å². The van der Waals surface area contributed by atoms with Gasteiger partial charge in [-0.1, -0.05) is 0 Å². The van der Waals surface area contributed by atoms with Gasteiger partial charge in [-0.3, -0.25) is 0 Å². The van der Waals surface area contributed by atoms with Crippen LogP contribution in [0.4, 0.5) is 8.78 Å². The first-order valence-electron chi connectivity index (χ1n) is 6.62. The van der Waals surface area contributed by atoms with Crippen molar-refractivity contribution in [1.29, 1.82) is 0 Å². The highest BCUT2D eigenvalue weighted by molar-refractivity contribution is 9.10. The zero-order valence-corrected chi connectivity index (χ0v) is 12.7. The zero-order valence-electron chi connectivity index (χ0n) is 11.1. The summed E-state index contributed by atoms with van der Waals surface area (Å²) in [6.45, 7) is 0.593. The van der Waals surface area contributed by atoms with E-state index in [1.54, 1.807) is 6.20 Å². The van der Waals surface area contributed by atoms with E-state index in [1.807, 2.05) is 6.07 Å². The van der Waals surface area contributed by atoms with Crippen LogP contribution in [0.1, 0.15) is 18.4 Å². The molecule has 0 atom stereocenters. The molecule has 0 aliphatic heterocycles. The molecular weight excluding hydrogens is 342 g/mol. The van der Waals surface area contributed by atoms with Crippen LogP contribution in [0.25, 0.3) is 0 Å². The van der Waals surface area contributed by atoms with Crippen molar-refractivity contribution in [3.8, 4) is 11.6 Å². The summed E-state index contributed by atoms with van der Waals surface area (Å²) in [7, 11) is 0. The molecule has 1 aliphatic rings. The van der Waals surface area contributed by atoms with Gasteiger partial charge in [0.05, 0.1) is 0 Å². The van der Waals surface area contributed by atoms with Crippen LogP contribution in [0, 0.1) is 11.6 Å². The maximum absolute atomic E-state index is 13.7. The van der Waals surface area contributed by atoms with Crippen LogP contribution < -0.4 is 10.1 Å². The van der Waals surface area contributed by atoms with Crippen molar-refractivity contribution in [3.63, 3.8) is 0 Å². The van der Waals surface area contributed by atoms with Crippen LogP contribution >= 0.6 is 15.9 Å². The molecular formula is C15H13BrF2N2O. The smallest absolute Gasteiger partial charge is 0.223 e. The Morgan fingerprint density at radius 3 is 2.81 bits per heavy atom. The maximum atomic E-state index is 13.7. The van der Waals surface area contributed by atoms with Gasteiger partial charge < -0.3 is 10.1 Å². The number of benzene rings is 1. The SMILES string of the molecule is Fc1ccc(Oc2ncc(Br)cc2CNC2CC2)c(F)c1. The second-order valence-electron chi connectivity index (χ2n) is 4.95. The molecule has 3 nitrogen and oxygen atoms in total. The van der Waals surface area contributed by atoms with E-state index in [9.17, 15) is 8.78 Å². The highest BCUT2D eigenvalue weighted by atomic mass is 79.9. The van der Waals surface area contributed by atoms with Crippen molar-refractivity contribution >= 4 is 15.9 Å². The molecule has 1 aliphatic carbocycles. The summed E-state index contributed by atoms with van der Waals surface area (Å²) < 4.78 is 32.9. The normalized spacial score (nSPS) is 14.2. The summed E-state index contributed by atoms with van der Waals surface area (Å²) in [4.78, 5) is 4.17. The van der Waals surface area contributed by atoms with Crippen molar-refractivity contribution < 1.29 is 13.5 Å². The van der Waals surface area contributed by atoms with E-state index in [0.29, 0.717) is 18.5 Å². The Morgan fingerprint density at radius 2 is 2.10 bits per heavy atom. The molecule has 1 aromatic carbocycles. The fourth-order valence-corrected chi connectivity index (χ4v) is 2.27. The lowest BCUT2D eigenvalue weighted by molar-refractivity contribution is 0.416. The van der Waals surface area contributed by atoms with E-state index in [0.717, 1.165) is 22.2 Å². The van der Waals surface area contributed by atoms with Gasteiger partial charge in [-0.05, 0) is 47.0 Å². The molecule has 1 saturated carbocycles. The molecule has 1 N–H and O–H groups in total. The molecule has 21 heavy (non-hydrogen) atoms. The number of nitrogens with zero attached hydrogens (tertiary/aromatic N) is 1. The first-order valence-corrected chi connectivity index (χ1v) is 7.42. The third-order valence-electron chi connectivity index (χ3n) is 3.15. The molecule has 0 saturated heterocycles. The Bertz CT molecular complexity index is 662. The van der Waals surface area contributed by atoms with Gasteiger partial charge in [-0.15, -0.1) is 0 Å². The predicted molar refractivity (Wildman–Crippen MR) is 78.2 cm³/mol. The monoisotopic (exact) mass is 354 g/mol. The first-order chi connectivity index (χ1) is 10.1. The second-order valence-corrected chi connectivity index (χ2v) is 5.87. The molecule has 3 rings (SSSR count). The Morgan fingerprint density at radius 1 is 1.29 bits per heavy atom. The van der Waals surface area contributed by atoms with Gasteiger partial charge >= 0.3 is 0 Å². The number of rotatable bonds is 5. The number of hydrogen-bond donors (Lipinski definition) is 1. The van der Waals surface area contributed by atoms with E-state index < -0.39 is 11.6 Å².